The quantitative estimate of drug-likeness (QED) is 0.778. The van der Waals surface area contributed by atoms with E-state index in [1.165, 1.54) is 0 Å². The van der Waals surface area contributed by atoms with Crippen LogP contribution in [0.25, 0.3) is 11.0 Å². The molecular weight excluding hydrogens is 216 g/mol. The average Bonchev–Trinajstić information content (AvgIpc) is 2.68. The minimum absolute atomic E-state index is 0.182. The molecule has 2 atom stereocenters. The van der Waals surface area contributed by atoms with E-state index in [9.17, 15) is 4.79 Å². The topological polar surface area (TPSA) is 82.2 Å². The van der Waals surface area contributed by atoms with E-state index >= 15 is 0 Å². The molecule has 0 radical (unpaired) electrons. The van der Waals surface area contributed by atoms with Gasteiger partial charge in [-0.15, -0.1) is 0 Å². The third kappa shape index (κ3) is 1.52. The molecule has 2 aromatic rings. The molecule has 1 aliphatic carbocycles. The Morgan fingerprint density at radius 1 is 1.35 bits per heavy atom. The van der Waals surface area contributed by atoms with E-state index in [-0.39, 0.29) is 17.9 Å². The van der Waals surface area contributed by atoms with Crippen LogP contribution in [0.4, 0.5) is 0 Å². The molecule has 1 heterocycles. The van der Waals surface area contributed by atoms with Crippen molar-refractivity contribution in [1.29, 1.82) is 0 Å². The van der Waals surface area contributed by atoms with Crippen LogP contribution in [0.15, 0.2) is 28.7 Å². The first kappa shape index (κ1) is 10.4. The van der Waals surface area contributed by atoms with E-state index in [1.807, 2.05) is 24.3 Å². The number of hydrogen-bond acceptors (Lipinski definition) is 3. The SMILES string of the molecule is NC(=O)C1Cc2c(oc3ccccc23)C(N)C1. The lowest BCUT2D eigenvalue weighted by atomic mass is 9.83. The number of carbonyl (C=O) groups excluding carboxylic acids is 1. The number of furan rings is 1. The molecule has 1 aromatic heterocycles. The Morgan fingerprint density at radius 2 is 2.12 bits per heavy atom. The van der Waals surface area contributed by atoms with Crippen LogP contribution in [0.5, 0.6) is 0 Å². The van der Waals surface area contributed by atoms with Gasteiger partial charge in [-0.3, -0.25) is 4.79 Å². The van der Waals surface area contributed by atoms with Gasteiger partial charge in [-0.05, 0) is 18.9 Å². The summed E-state index contributed by atoms with van der Waals surface area (Å²) in [5, 5.41) is 1.05. The second-order valence-electron chi connectivity index (χ2n) is 4.59. The Balaban J connectivity index is 2.16. The number of primary amides is 1. The van der Waals surface area contributed by atoms with Gasteiger partial charge in [-0.25, -0.2) is 0 Å². The third-order valence-corrected chi connectivity index (χ3v) is 3.46. The highest BCUT2D eigenvalue weighted by Gasteiger charge is 2.32. The van der Waals surface area contributed by atoms with E-state index in [2.05, 4.69) is 0 Å². The van der Waals surface area contributed by atoms with Gasteiger partial charge >= 0.3 is 0 Å². The van der Waals surface area contributed by atoms with E-state index < -0.39 is 0 Å². The monoisotopic (exact) mass is 230 g/mol. The summed E-state index contributed by atoms with van der Waals surface area (Å²) in [4.78, 5) is 11.3. The van der Waals surface area contributed by atoms with Crippen LogP contribution in [-0.2, 0) is 11.2 Å². The number of fused-ring (bicyclic) bond motifs is 3. The molecule has 0 aliphatic heterocycles. The number of amides is 1. The predicted molar refractivity (Wildman–Crippen MR) is 64.1 cm³/mol. The van der Waals surface area contributed by atoms with Gasteiger partial charge in [0.05, 0.1) is 6.04 Å². The maximum absolute atomic E-state index is 11.3. The summed E-state index contributed by atoms with van der Waals surface area (Å²) >= 11 is 0. The van der Waals surface area contributed by atoms with Crippen molar-refractivity contribution in [2.45, 2.75) is 18.9 Å². The molecule has 3 rings (SSSR count). The smallest absolute Gasteiger partial charge is 0.220 e. The summed E-state index contributed by atoms with van der Waals surface area (Å²) in [5.74, 6) is 0.346. The molecule has 0 saturated carbocycles. The van der Waals surface area contributed by atoms with Crippen molar-refractivity contribution in [1.82, 2.24) is 0 Å². The van der Waals surface area contributed by atoms with Crippen molar-refractivity contribution >= 4 is 16.9 Å². The van der Waals surface area contributed by atoms with Crippen LogP contribution >= 0.6 is 0 Å². The van der Waals surface area contributed by atoms with Crippen molar-refractivity contribution < 1.29 is 9.21 Å². The van der Waals surface area contributed by atoms with E-state index in [0.717, 1.165) is 22.3 Å². The number of rotatable bonds is 1. The summed E-state index contributed by atoms with van der Waals surface area (Å²) < 4.78 is 5.75. The molecule has 4 nitrogen and oxygen atoms in total. The second kappa shape index (κ2) is 3.60. The van der Waals surface area contributed by atoms with Crippen LogP contribution in [0.1, 0.15) is 23.8 Å². The normalized spacial score (nSPS) is 23.6. The first-order valence-electron chi connectivity index (χ1n) is 5.72. The molecule has 1 aliphatic rings. The highest BCUT2D eigenvalue weighted by Crippen LogP contribution is 2.38. The molecule has 17 heavy (non-hydrogen) atoms. The Morgan fingerprint density at radius 3 is 2.88 bits per heavy atom. The molecule has 4 N–H and O–H groups in total. The van der Waals surface area contributed by atoms with Gasteiger partial charge in [0.25, 0.3) is 0 Å². The standard InChI is InChI=1S/C13H14N2O2/c14-10-6-7(13(15)16)5-9-8-3-1-2-4-11(8)17-12(9)10/h1-4,7,10H,5-6,14H2,(H2,15,16). The molecule has 2 unspecified atom stereocenters. The molecule has 4 heteroatoms. The number of hydrogen-bond donors (Lipinski definition) is 2. The molecule has 0 saturated heterocycles. The van der Waals surface area contributed by atoms with Crippen LogP contribution in [0, 0.1) is 5.92 Å². The molecule has 0 fully saturated rings. The Kier molecular flexibility index (Phi) is 2.19. The second-order valence-corrected chi connectivity index (χ2v) is 4.59. The predicted octanol–water partition coefficient (Wildman–Crippen LogP) is 1.48. The Hall–Kier alpha value is -1.81. The lowest BCUT2D eigenvalue weighted by molar-refractivity contribution is -0.122. The van der Waals surface area contributed by atoms with Crippen molar-refractivity contribution in [3.8, 4) is 0 Å². The lowest BCUT2D eigenvalue weighted by Gasteiger charge is -2.23. The summed E-state index contributed by atoms with van der Waals surface area (Å²) in [6, 6.07) is 7.56. The molecule has 88 valence electrons. The van der Waals surface area contributed by atoms with Gasteiger partial charge in [0.1, 0.15) is 11.3 Å². The number of carbonyl (C=O) groups is 1. The van der Waals surface area contributed by atoms with Crippen LogP contribution < -0.4 is 11.5 Å². The van der Waals surface area contributed by atoms with Crippen molar-refractivity contribution in [3.63, 3.8) is 0 Å². The summed E-state index contributed by atoms with van der Waals surface area (Å²) in [6.45, 7) is 0. The fourth-order valence-electron chi connectivity index (χ4n) is 2.59. The zero-order valence-electron chi connectivity index (χ0n) is 9.35. The molecular formula is C13H14N2O2. The van der Waals surface area contributed by atoms with Crippen molar-refractivity contribution in [3.05, 3.63) is 35.6 Å². The molecule has 1 aromatic carbocycles. The fourth-order valence-corrected chi connectivity index (χ4v) is 2.59. The van der Waals surface area contributed by atoms with Crippen LogP contribution in [-0.4, -0.2) is 5.91 Å². The summed E-state index contributed by atoms with van der Waals surface area (Å²) in [7, 11) is 0. The number of benzene rings is 1. The van der Waals surface area contributed by atoms with E-state index in [4.69, 9.17) is 15.9 Å². The average molecular weight is 230 g/mol. The Bertz CT molecular complexity index is 588. The fraction of sp³-hybridized carbons (Fsp3) is 0.308. The summed E-state index contributed by atoms with van der Waals surface area (Å²) in [5.41, 5.74) is 13.3. The zero-order chi connectivity index (χ0) is 12.0. The molecule has 0 spiro atoms. The minimum atomic E-state index is -0.281. The maximum Gasteiger partial charge on any atom is 0.220 e. The van der Waals surface area contributed by atoms with Gasteiger partial charge in [0.15, 0.2) is 0 Å². The van der Waals surface area contributed by atoms with Crippen molar-refractivity contribution in [2.75, 3.05) is 0 Å². The highest BCUT2D eigenvalue weighted by atomic mass is 16.3. The molecule has 0 bridgehead atoms. The van der Waals surface area contributed by atoms with E-state index in [0.29, 0.717) is 12.8 Å². The zero-order valence-corrected chi connectivity index (χ0v) is 9.35. The number of para-hydroxylation sites is 1. The van der Waals surface area contributed by atoms with Crippen LogP contribution in [0.3, 0.4) is 0 Å². The molecule has 1 amide bonds. The third-order valence-electron chi connectivity index (χ3n) is 3.46. The first-order valence-corrected chi connectivity index (χ1v) is 5.72. The van der Waals surface area contributed by atoms with Gasteiger partial charge in [0.2, 0.25) is 5.91 Å². The lowest BCUT2D eigenvalue weighted by Crippen LogP contribution is -2.32. The highest BCUT2D eigenvalue weighted by molar-refractivity contribution is 5.85. The van der Waals surface area contributed by atoms with Gasteiger partial charge < -0.3 is 15.9 Å². The largest absolute Gasteiger partial charge is 0.459 e. The maximum atomic E-state index is 11.3. The number of nitrogens with two attached hydrogens (primary N) is 2. The minimum Gasteiger partial charge on any atom is -0.459 e. The first-order chi connectivity index (χ1) is 8.16. The van der Waals surface area contributed by atoms with E-state index in [1.54, 1.807) is 0 Å². The summed E-state index contributed by atoms with van der Waals surface area (Å²) in [6.07, 6.45) is 1.21. The van der Waals surface area contributed by atoms with Crippen molar-refractivity contribution in [2.24, 2.45) is 17.4 Å². The van der Waals surface area contributed by atoms with Gasteiger partial charge in [-0.2, -0.15) is 0 Å². The van der Waals surface area contributed by atoms with Crippen LogP contribution in [0.2, 0.25) is 0 Å². The van der Waals surface area contributed by atoms with Gasteiger partial charge in [-0.1, -0.05) is 18.2 Å². The van der Waals surface area contributed by atoms with Gasteiger partial charge in [0, 0.05) is 16.9 Å². The Labute approximate surface area is 98.6 Å².